The lowest BCUT2D eigenvalue weighted by Gasteiger charge is -2.34. The molecule has 1 atom stereocenters. The van der Waals surface area contributed by atoms with Gasteiger partial charge in [0.25, 0.3) is 0 Å². The third kappa shape index (κ3) is 4.63. The van der Waals surface area contributed by atoms with Crippen molar-refractivity contribution in [2.75, 3.05) is 25.4 Å². The number of urea groups is 1. The highest BCUT2D eigenvalue weighted by Crippen LogP contribution is 2.24. The van der Waals surface area contributed by atoms with E-state index in [1.165, 1.54) is 0 Å². The van der Waals surface area contributed by atoms with Gasteiger partial charge in [-0.1, -0.05) is 32.9 Å². The van der Waals surface area contributed by atoms with E-state index in [4.69, 9.17) is 4.52 Å². The summed E-state index contributed by atoms with van der Waals surface area (Å²) in [5.74, 6) is 3.16. The van der Waals surface area contributed by atoms with E-state index in [2.05, 4.69) is 29.3 Å². The number of hydrogen-bond donors (Lipinski definition) is 1. The van der Waals surface area contributed by atoms with Gasteiger partial charge in [0.1, 0.15) is 0 Å². The Hall–Kier alpha value is -1.24. The van der Waals surface area contributed by atoms with Gasteiger partial charge in [-0.25, -0.2) is 4.79 Å². The molecular weight excluding hydrogens is 300 g/mol. The fourth-order valence-electron chi connectivity index (χ4n) is 2.26. The number of nitrogens with zero attached hydrogens (tertiary/aromatic N) is 3. The van der Waals surface area contributed by atoms with Crippen molar-refractivity contribution in [2.45, 2.75) is 45.3 Å². The fourth-order valence-corrected chi connectivity index (χ4v) is 3.55. The number of thioether (sulfide) groups is 1. The first-order chi connectivity index (χ1) is 10.5. The van der Waals surface area contributed by atoms with Crippen LogP contribution >= 0.6 is 11.8 Å². The average molecular weight is 326 g/mol. The highest BCUT2D eigenvalue weighted by atomic mass is 32.2. The molecule has 1 aliphatic rings. The molecule has 1 N–H and O–H groups in total. The van der Waals surface area contributed by atoms with Gasteiger partial charge < -0.3 is 14.7 Å². The molecule has 2 amide bonds. The zero-order valence-corrected chi connectivity index (χ0v) is 14.7. The summed E-state index contributed by atoms with van der Waals surface area (Å²) in [5.41, 5.74) is 0. The Morgan fingerprint density at radius 2 is 2.23 bits per heavy atom. The Morgan fingerprint density at radius 1 is 1.45 bits per heavy atom. The molecule has 6 nitrogen and oxygen atoms in total. The van der Waals surface area contributed by atoms with Gasteiger partial charge in [0, 0.05) is 43.0 Å². The molecular formula is C15H26N4O2S. The summed E-state index contributed by atoms with van der Waals surface area (Å²) in [5, 5.41) is 7.40. The highest BCUT2D eigenvalue weighted by molar-refractivity contribution is 8.00. The van der Waals surface area contributed by atoms with Crippen molar-refractivity contribution in [1.29, 1.82) is 0 Å². The maximum Gasteiger partial charge on any atom is 0.317 e. The summed E-state index contributed by atoms with van der Waals surface area (Å²) in [6, 6.07) is 0.00884. The SMILES string of the molecule is CC(C)c1noc(CCNC(=O)N2CCS[C@H](C(C)C)C2)n1. The van der Waals surface area contributed by atoms with E-state index in [0.29, 0.717) is 35.8 Å². The second-order valence-corrected chi connectivity index (χ2v) is 7.63. The van der Waals surface area contributed by atoms with Crippen molar-refractivity contribution in [3.63, 3.8) is 0 Å². The third-order valence-electron chi connectivity index (χ3n) is 3.74. The zero-order chi connectivity index (χ0) is 16.1. The molecule has 1 saturated heterocycles. The summed E-state index contributed by atoms with van der Waals surface area (Å²) in [6.45, 7) is 10.6. The second-order valence-electron chi connectivity index (χ2n) is 6.28. The van der Waals surface area contributed by atoms with Crippen LogP contribution in [0, 0.1) is 5.92 Å². The molecule has 0 radical (unpaired) electrons. The van der Waals surface area contributed by atoms with Gasteiger partial charge in [0.15, 0.2) is 5.82 Å². The molecule has 1 fully saturated rings. The van der Waals surface area contributed by atoms with Gasteiger partial charge in [-0.2, -0.15) is 16.7 Å². The molecule has 7 heteroatoms. The minimum atomic E-state index is 0.00884. The zero-order valence-electron chi connectivity index (χ0n) is 13.8. The number of amides is 2. The number of carbonyl (C=O) groups excluding carboxylic acids is 1. The van der Waals surface area contributed by atoms with E-state index >= 15 is 0 Å². The molecule has 0 unspecified atom stereocenters. The lowest BCUT2D eigenvalue weighted by Crippen LogP contribution is -2.48. The Morgan fingerprint density at radius 3 is 2.86 bits per heavy atom. The molecule has 1 aromatic rings. The van der Waals surface area contributed by atoms with Crippen molar-refractivity contribution in [3.8, 4) is 0 Å². The van der Waals surface area contributed by atoms with E-state index in [1.54, 1.807) is 0 Å². The van der Waals surface area contributed by atoms with Crippen molar-refractivity contribution < 1.29 is 9.32 Å². The average Bonchev–Trinajstić information content (AvgIpc) is 2.96. The molecule has 0 spiro atoms. The van der Waals surface area contributed by atoms with Crippen molar-refractivity contribution in [1.82, 2.24) is 20.4 Å². The molecule has 0 aromatic carbocycles. The van der Waals surface area contributed by atoms with E-state index in [0.717, 1.165) is 18.8 Å². The topological polar surface area (TPSA) is 71.3 Å². The van der Waals surface area contributed by atoms with Crippen LogP contribution in [0.5, 0.6) is 0 Å². The van der Waals surface area contributed by atoms with Crippen LogP contribution in [0.4, 0.5) is 4.79 Å². The number of aromatic nitrogens is 2. The summed E-state index contributed by atoms with van der Waals surface area (Å²) >= 11 is 1.96. The van der Waals surface area contributed by atoms with Crippen molar-refractivity contribution in [2.24, 2.45) is 5.92 Å². The smallest absolute Gasteiger partial charge is 0.317 e. The van der Waals surface area contributed by atoms with E-state index < -0.39 is 0 Å². The van der Waals surface area contributed by atoms with Gasteiger partial charge in [0.05, 0.1) is 0 Å². The van der Waals surface area contributed by atoms with E-state index in [1.807, 2.05) is 30.5 Å². The Balaban J connectivity index is 1.75. The number of carbonyl (C=O) groups is 1. The minimum Gasteiger partial charge on any atom is -0.339 e. The number of hydrogen-bond acceptors (Lipinski definition) is 5. The molecule has 1 aliphatic heterocycles. The largest absolute Gasteiger partial charge is 0.339 e. The summed E-state index contributed by atoms with van der Waals surface area (Å²) in [7, 11) is 0. The monoisotopic (exact) mass is 326 g/mol. The van der Waals surface area contributed by atoms with Gasteiger partial charge >= 0.3 is 6.03 Å². The maximum absolute atomic E-state index is 12.2. The Kier molecular flexibility index (Phi) is 6.11. The van der Waals surface area contributed by atoms with Gasteiger partial charge in [-0.05, 0) is 5.92 Å². The molecule has 0 saturated carbocycles. The van der Waals surface area contributed by atoms with Crippen molar-refractivity contribution >= 4 is 17.8 Å². The van der Waals surface area contributed by atoms with Crippen LogP contribution < -0.4 is 5.32 Å². The molecule has 0 bridgehead atoms. The van der Waals surface area contributed by atoms with Gasteiger partial charge in [-0.15, -0.1) is 0 Å². The number of nitrogens with one attached hydrogen (secondary N) is 1. The van der Waals surface area contributed by atoms with Gasteiger partial charge in [0.2, 0.25) is 5.89 Å². The third-order valence-corrected chi connectivity index (χ3v) is 5.28. The van der Waals surface area contributed by atoms with E-state index in [9.17, 15) is 4.79 Å². The van der Waals surface area contributed by atoms with Crippen LogP contribution in [0.1, 0.15) is 45.3 Å². The molecule has 22 heavy (non-hydrogen) atoms. The minimum absolute atomic E-state index is 0.00884. The van der Waals surface area contributed by atoms with Crippen LogP contribution in [0.15, 0.2) is 4.52 Å². The normalized spacial score (nSPS) is 19.0. The second kappa shape index (κ2) is 7.85. The summed E-state index contributed by atoms with van der Waals surface area (Å²) < 4.78 is 5.17. The lowest BCUT2D eigenvalue weighted by atomic mass is 10.1. The predicted octanol–water partition coefficient (Wildman–Crippen LogP) is 2.52. The van der Waals surface area contributed by atoms with Crippen LogP contribution in [0.25, 0.3) is 0 Å². The van der Waals surface area contributed by atoms with Crippen LogP contribution in [-0.4, -0.2) is 51.7 Å². The van der Waals surface area contributed by atoms with Crippen LogP contribution in [-0.2, 0) is 6.42 Å². The standard InChI is InChI=1S/C15H26N4O2S/c1-10(2)12-9-19(7-8-22-12)15(20)16-6-5-13-17-14(11(3)4)18-21-13/h10-12H,5-9H2,1-4H3,(H,16,20)/t12-/m0/s1. The Labute approximate surface area is 136 Å². The molecule has 2 rings (SSSR count). The molecule has 0 aliphatic carbocycles. The van der Waals surface area contributed by atoms with E-state index in [-0.39, 0.29) is 11.9 Å². The molecule has 1 aromatic heterocycles. The van der Waals surface area contributed by atoms with Gasteiger partial charge in [-0.3, -0.25) is 0 Å². The van der Waals surface area contributed by atoms with Crippen LogP contribution in [0.3, 0.4) is 0 Å². The summed E-state index contributed by atoms with van der Waals surface area (Å²) in [6.07, 6.45) is 0.571. The first-order valence-corrected chi connectivity index (χ1v) is 8.99. The fraction of sp³-hybridized carbons (Fsp3) is 0.800. The number of rotatable bonds is 5. The summed E-state index contributed by atoms with van der Waals surface area (Å²) in [4.78, 5) is 18.4. The van der Waals surface area contributed by atoms with Crippen molar-refractivity contribution in [3.05, 3.63) is 11.7 Å². The maximum atomic E-state index is 12.2. The quantitative estimate of drug-likeness (QED) is 0.900. The Bertz CT molecular complexity index is 490. The predicted molar refractivity (Wildman–Crippen MR) is 88.1 cm³/mol. The lowest BCUT2D eigenvalue weighted by molar-refractivity contribution is 0.197. The molecule has 124 valence electrons. The first-order valence-electron chi connectivity index (χ1n) is 7.94. The van der Waals surface area contributed by atoms with Crippen LogP contribution in [0.2, 0.25) is 0 Å². The first kappa shape index (κ1) is 17.1. The molecule has 2 heterocycles. The highest BCUT2D eigenvalue weighted by Gasteiger charge is 2.25.